The van der Waals surface area contributed by atoms with Crippen LogP contribution in [0.1, 0.15) is 36.5 Å². The van der Waals surface area contributed by atoms with Gasteiger partial charge in [0.2, 0.25) is 0 Å². The molecule has 0 aromatic carbocycles. The molecule has 0 aliphatic rings. The maximum atomic E-state index is 12.2. The second kappa shape index (κ2) is 6.05. The molecule has 0 fully saturated rings. The highest BCUT2D eigenvalue weighted by molar-refractivity contribution is 5.92. The average Bonchev–Trinajstić information content (AvgIpc) is 2.65. The second-order valence-electron chi connectivity index (χ2n) is 5.34. The monoisotopic (exact) mass is 251 g/mol. The quantitative estimate of drug-likeness (QED) is 0.867. The SMILES string of the molecule is Cc1ccc(C(=O)N(C)CCC(N)C(C)C)n1C. The first-order valence-electron chi connectivity index (χ1n) is 6.48. The first kappa shape index (κ1) is 14.8. The number of carbonyl (C=O) groups excluding carboxylic acids is 1. The van der Waals surface area contributed by atoms with Crippen molar-refractivity contribution in [3.05, 3.63) is 23.5 Å². The molecule has 1 heterocycles. The molecule has 0 saturated carbocycles. The van der Waals surface area contributed by atoms with E-state index in [4.69, 9.17) is 5.73 Å². The van der Waals surface area contributed by atoms with Gasteiger partial charge in [0.25, 0.3) is 5.91 Å². The molecule has 0 radical (unpaired) electrons. The Morgan fingerprint density at radius 1 is 1.44 bits per heavy atom. The summed E-state index contributed by atoms with van der Waals surface area (Å²) < 4.78 is 1.92. The molecule has 1 unspecified atom stereocenters. The van der Waals surface area contributed by atoms with Gasteiger partial charge in [0.1, 0.15) is 5.69 Å². The third kappa shape index (κ3) is 3.35. The van der Waals surface area contributed by atoms with Crippen LogP contribution in [0.3, 0.4) is 0 Å². The number of aryl methyl sites for hydroxylation is 1. The predicted octanol–water partition coefficient (Wildman–Crippen LogP) is 1.78. The van der Waals surface area contributed by atoms with Crippen LogP contribution in [0.25, 0.3) is 0 Å². The van der Waals surface area contributed by atoms with Gasteiger partial charge in [-0.05, 0) is 31.4 Å². The summed E-state index contributed by atoms with van der Waals surface area (Å²) in [7, 11) is 3.74. The van der Waals surface area contributed by atoms with Crippen molar-refractivity contribution in [2.75, 3.05) is 13.6 Å². The molecule has 0 aliphatic carbocycles. The third-order valence-electron chi connectivity index (χ3n) is 3.59. The molecular weight excluding hydrogens is 226 g/mol. The minimum atomic E-state index is 0.0570. The number of hydrogen-bond donors (Lipinski definition) is 1. The third-order valence-corrected chi connectivity index (χ3v) is 3.59. The highest BCUT2D eigenvalue weighted by atomic mass is 16.2. The van der Waals surface area contributed by atoms with E-state index in [-0.39, 0.29) is 11.9 Å². The van der Waals surface area contributed by atoms with Crippen molar-refractivity contribution >= 4 is 5.91 Å². The fraction of sp³-hybridized carbons (Fsp3) is 0.643. The standard InChI is InChI=1S/C14H25N3O/c1-10(2)12(15)8-9-16(4)14(18)13-7-6-11(3)17(13)5/h6-7,10,12H,8-9,15H2,1-5H3. The zero-order valence-corrected chi connectivity index (χ0v) is 12.1. The number of nitrogens with two attached hydrogens (primary N) is 1. The lowest BCUT2D eigenvalue weighted by Gasteiger charge is -2.21. The van der Waals surface area contributed by atoms with Crippen LogP contribution < -0.4 is 5.73 Å². The molecule has 2 N–H and O–H groups in total. The van der Waals surface area contributed by atoms with E-state index in [1.54, 1.807) is 4.90 Å². The number of rotatable bonds is 5. The molecule has 4 nitrogen and oxygen atoms in total. The van der Waals surface area contributed by atoms with Gasteiger partial charge in [-0.2, -0.15) is 0 Å². The molecule has 1 aromatic heterocycles. The molecule has 0 spiro atoms. The van der Waals surface area contributed by atoms with Crippen molar-refractivity contribution < 1.29 is 4.79 Å². The summed E-state index contributed by atoms with van der Waals surface area (Å²) in [6.07, 6.45) is 0.837. The molecule has 0 aliphatic heterocycles. The molecule has 1 atom stereocenters. The van der Waals surface area contributed by atoms with Gasteiger partial charge in [-0.25, -0.2) is 0 Å². The van der Waals surface area contributed by atoms with Gasteiger partial charge in [-0.3, -0.25) is 4.79 Å². The predicted molar refractivity (Wildman–Crippen MR) is 74.5 cm³/mol. The van der Waals surface area contributed by atoms with Crippen LogP contribution >= 0.6 is 0 Å². The van der Waals surface area contributed by atoms with Gasteiger partial charge in [-0.1, -0.05) is 13.8 Å². The van der Waals surface area contributed by atoms with Gasteiger partial charge in [0, 0.05) is 32.4 Å². The Kier molecular flexibility index (Phi) is 4.96. The highest BCUT2D eigenvalue weighted by Gasteiger charge is 2.17. The van der Waals surface area contributed by atoms with Gasteiger partial charge in [-0.15, -0.1) is 0 Å². The van der Waals surface area contributed by atoms with Crippen LogP contribution in [-0.2, 0) is 7.05 Å². The lowest BCUT2D eigenvalue weighted by atomic mass is 10.0. The molecule has 4 heteroatoms. The summed E-state index contributed by atoms with van der Waals surface area (Å²) in [5.74, 6) is 0.507. The van der Waals surface area contributed by atoms with E-state index in [0.29, 0.717) is 12.5 Å². The van der Waals surface area contributed by atoms with Crippen molar-refractivity contribution in [2.24, 2.45) is 18.7 Å². The van der Waals surface area contributed by atoms with E-state index < -0.39 is 0 Å². The number of hydrogen-bond acceptors (Lipinski definition) is 2. The topological polar surface area (TPSA) is 51.3 Å². The van der Waals surface area contributed by atoms with Crippen LogP contribution in [0.4, 0.5) is 0 Å². The van der Waals surface area contributed by atoms with Crippen molar-refractivity contribution in [1.29, 1.82) is 0 Å². The largest absolute Gasteiger partial charge is 0.344 e. The summed E-state index contributed by atoms with van der Waals surface area (Å²) >= 11 is 0. The lowest BCUT2D eigenvalue weighted by molar-refractivity contribution is 0.0779. The summed E-state index contributed by atoms with van der Waals surface area (Å²) in [5.41, 5.74) is 7.81. The Bertz CT molecular complexity index is 409. The van der Waals surface area contributed by atoms with Gasteiger partial charge < -0.3 is 15.2 Å². The van der Waals surface area contributed by atoms with E-state index in [1.807, 2.05) is 37.7 Å². The van der Waals surface area contributed by atoms with Gasteiger partial charge in [0.05, 0.1) is 0 Å². The second-order valence-corrected chi connectivity index (χ2v) is 5.34. The Morgan fingerprint density at radius 3 is 2.50 bits per heavy atom. The van der Waals surface area contributed by atoms with Crippen molar-refractivity contribution in [3.63, 3.8) is 0 Å². The van der Waals surface area contributed by atoms with Crippen LogP contribution in [0.15, 0.2) is 12.1 Å². The molecule has 102 valence electrons. The molecule has 1 rings (SSSR count). The fourth-order valence-corrected chi connectivity index (χ4v) is 1.80. The zero-order chi connectivity index (χ0) is 13.9. The first-order valence-corrected chi connectivity index (χ1v) is 6.48. The van der Waals surface area contributed by atoms with E-state index in [2.05, 4.69) is 13.8 Å². The number of aromatic nitrogens is 1. The number of nitrogens with zero attached hydrogens (tertiary/aromatic N) is 2. The highest BCUT2D eigenvalue weighted by Crippen LogP contribution is 2.10. The van der Waals surface area contributed by atoms with Crippen molar-refractivity contribution in [3.8, 4) is 0 Å². The Labute approximate surface area is 110 Å². The number of carbonyl (C=O) groups is 1. The van der Waals surface area contributed by atoms with Crippen molar-refractivity contribution in [1.82, 2.24) is 9.47 Å². The molecule has 1 aromatic rings. The molecule has 1 amide bonds. The molecule has 18 heavy (non-hydrogen) atoms. The summed E-state index contributed by atoms with van der Waals surface area (Å²) in [6, 6.07) is 3.98. The van der Waals surface area contributed by atoms with Crippen LogP contribution in [-0.4, -0.2) is 35.0 Å². The summed E-state index contributed by atoms with van der Waals surface area (Å²) in [4.78, 5) is 14.0. The fourth-order valence-electron chi connectivity index (χ4n) is 1.80. The van der Waals surface area contributed by atoms with Gasteiger partial charge in [0.15, 0.2) is 0 Å². The molecule has 0 bridgehead atoms. The maximum absolute atomic E-state index is 12.2. The first-order chi connectivity index (χ1) is 8.34. The van der Waals surface area contributed by atoms with E-state index >= 15 is 0 Å². The van der Waals surface area contributed by atoms with Crippen molar-refractivity contribution in [2.45, 2.75) is 33.2 Å². The molecule has 0 saturated heterocycles. The van der Waals surface area contributed by atoms with Crippen LogP contribution in [0, 0.1) is 12.8 Å². The van der Waals surface area contributed by atoms with Gasteiger partial charge >= 0.3 is 0 Å². The minimum Gasteiger partial charge on any atom is -0.344 e. The smallest absolute Gasteiger partial charge is 0.270 e. The van der Waals surface area contributed by atoms with Crippen LogP contribution in [0.5, 0.6) is 0 Å². The van der Waals surface area contributed by atoms with E-state index in [9.17, 15) is 4.79 Å². The minimum absolute atomic E-state index is 0.0570. The Balaban J connectivity index is 2.60. The van der Waals surface area contributed by atoms with Crippen LogP contribution in [0.2, 0.25) is 0 Å². The maximum Gasteiger partial charge on any atom is 0.270 e. The van der Waals surface area contributed by atoms with E-state index in [0.717, 1.165) is 17.8 Å². The average molecular weight is 251 g/mol. The lowest BCUT2D eigenvalue weighted by Crippen LogP contribution is -2.35. The summed E-state index contributed by atoms with van der Waals surface area (Å²) in [5, 5.41) is 0. The van der Waals surface area contributed by atoms with E-state index in [1.165, 1.54) is 0 Å². The normalized spacial score (nSPS) is 12.8. The molecular formula is C14H25N3O. The zero-order valence-electron chi connectivity index (χ0n) is 12.1. The Hall–Kier alpha value is -1.29. The number of amides is 1. The Morgan fingerprint density at radius 2 is 2.06 bits per heavy atom. The summed E-state index contributed by atoms with van der Waals surface area (Å²) in [6.45, 7) is 6.90.